The second-order valence-electron chi connectivity index (χ2n) is 15.6. The molecule has 8 aromatic rings. The van der Waals surface area contributed by atoms with E-state index < -0.39 is 5.54 Å². The van der Waals surface area contributed by atoms with Crippen LogP contribution in [0, 0.1) is 5.92 Å². The first kappa shape index (κ1) is 40.3. The largest absolute Gasteiger partial charge is 0.497 e. The first-order valence-electron chi connectivity index (χ1n) is 21.0. The standard InChI is InChI=1S/C53H49N5O4/c1-38-46(36-60-33-39-18-8-3-9-19-39)48(61-34-40-20-10-4-11-21-40)32-47(38)58-37-54-49-50(58)55-52(56-51(49)62-35-41-22-12-5-13-23-41)57-53(42-24-14-6-15-25-42,43-26-16-7-17-27-43)44-28-30-45(59-2)31-29-44/h3-31,37,46-48H,1,32-36H2,2H3,(H,55,56,57)/t46-,47+,48-/m0/s1. The van der Waals surface area contributed by atoms with Crippen molar-refractivity contribution < 1.29 is 18.9 Å². The molecule has 0 saturated heterocycles. The molecule has 9 heteroatoms. The number of ether oxygens (including phenoxy) is 4. The number of aromatic nitrogens is 4. The van der Waals surface area contributed by atoms with Gasteiger partial charge in [0, 0.05) is 5.92 Å². The van der Waals surface area contributed by atoms with Gasteiger partial charge in [0.15, 0.2) is 11.2 Å². The van der Waals surface area contributed by atoms with Gasteiger partial charge in [-0.05, 0) is 57.5 Å². The summed E-state index contributed by atoms with van der Waals surface area (Å²) in [7, 11) is 1.68. The maximum Gasteiger partial charge on any atom is 0.247 e. The maximum atomic E-state index is 6.73. The lowest BCUT2D eigenvalue weighted by Gasteiger charge is -2.37. The van der Waals surface area contributed by atoms with Crippen LogP contribution in [0.5, 0.6) is 11.6 Å². The molecule has 0 bridgehead atoms. The Morgan fingerprint density at radius 1 is 0.645 bits per heavy atom. The Kier molecular flexibility index (Phi) is 12.2. The molecular weight excluding hydrogens is 771 g/mol. The monoisotopic (exact) mass is 819 g/mol. The van der Waals surface area contributed by atoms with Crippen molar-refractivity contribution in [1.29, 1.82) is 0 Å². The average Bonchev–Trinajstić information content (AvgIpc) is 3.90. The predicted octanol–water partition coefficient (Wildman–Crippen LogP) is 10.7. The molecule has 0 radical (unpaired) electrons. The zero-order valence-electron chi connectivity index (χ0n) is 34.7. The van der Waals surface area contributed by atoms with E-state index in [0.29, 0.717) is 55.8 Å². The highest BCUT2D eigenvalue weighted by Crippen LogP contribution is 2.44. The number of fused-ring (bicyclic) bond motifs is 1. The molecule has 0 amide bonds. The minimum absolute atomic E-state index is 0.0722. The summed E-state index contributed by atoms with van der Waals surface area (Å²) in [5.74, 6) is 1.42. The van der Waals surface area contributed by atoms with Crippen molar-refractivity contribution in [1.82, 2.24) is 19.5 Å². The number of benzene rings is 6. The fourth-order valence-corrected chi connectivity index (χ4v) is 8.47. The van der Waals surface area contributed by atoms with Crippen molar-refractivity contribution >= 4 is 17.1 Å². The molecule has 1 saturated carbocycles. The molecular formula is C53H49N5O4. The Morgan fingerprint density at radius 3 is 1.76 bits per heavy atom. The lowest BCUT2D eigenvalue weighted by Crippen LogP contribution is -2.38. The van der Waals surface area contributed by atoms with Gasteiger partial charge in [-0.15, -0.1) is 0 Å². The van der Waals surface area contributed by atoms with Crippen LogP contribution in [0.1, 0.15) is 45.8 Å². The minimum atomic E-state index is -0.932. The van der Waals surface area contributed by atoms with Gasteiger partial charge in [0.2, 0.25) is 11.8 Å². The SMILES string of the molecule is C=C1[C@H](n2cnc3c(OCc4ccccc4)nc(NC(c4ccccc4)(c4ccccc4)c4ccc(OC)cc4)nc32)C[C@H](OCc2ccccc2)[C@H]1COCc1ccccc1. The second kappa shape index (κ2) is 18.7. The van der Waals surface area contributed by atoms with Crippen molar-refractivity contribution in [3.63, 3.8) is 0 Å². The van der Waals surface area contributed by atoms with E-state index in [4.69, 9.17) is 40.5 Å². The fourth-order valence-electron chi connectivity index (χ4n) is 8.47. The van der Waals surface area contributed by atoms with Crippen LogP contribution in [0.4, 0.5) is 5.95 Å². The number of anilines is 1. The predicted molar refractivity (Wildman–Crippen MR) is 243 cm³/mol. The maximum absolute atomic E-state index is 6.73. The van der Waals surface area contributed by atoms with E-state index in [-0.39, 0.29) is 18.1 Å². The quantitative estimate of drug-likeness (QED) is 0.0717. The van der Waals surface area contributed by atoms with Gasteiger partial charge in [0.1, 0.15) is 17.9 Å². The highest BCUT2D eigenvalue weighted by atomic mass is 16.5. The van der Waals surface area contributed by atoms with Gasteiger partial charge < -0.3 is 28.8 Å². The highest BCUT2D eigenvalue weighted by molar-refractivity contribution is 5.78. The topological polar surface area (TPSA) is 92.6 Å². The normalized spacial score (nSPS) is 16.3. The van der Waals surface area contributed by atoms with Gasteiger partial charge in [-0.1, -0.05) is 170 Å². The van der Waals surface area contributed by atoms with E-state index in [9.17, 15) is 0 Å². The highest BCUT2D eigenvalue weighted by Gasteiger charge is 2.41. The van der Waals surface area contributed by atoms with Gasteiger partial charge in [0.05, 0.1) is 45.4 Å². The van der Waals surface area contributed by atoms with Gasteiger partial charge in [0.25, 0.3) is 0 Å². The molecule has 62 heavy (non-hydrogen) atoms. The molecule has 9 nitrogen and oxygen atoms in total. The van der Waals surface area contributed by atoms with E-state index in [1.165, 1.54) is 0 Å². The number of imidazole rings is 1. The summed E-state index contributed by atoms with van der Waals surface area (Å²) in [4.78, 5) is 15.4. The zero-order valence-corrected chi connectivity index (χ0v) is 34.7. The zero-order chi connectivity index (χ0) is 42.1. The molecule has 2 aromatic heterocycles. The number of hydrogen-bond acceptors (Lipinski definition) is 8. The minimum Gasteiger partial charge on any atom is -0.497 e. The molecule has 0 unspecified atom stereocenters. The van der Waals surface area contributed by atoms with Crippen LogP contribution >= 0.6 is 0 Å². The second-order valence-corrected chi connectivity index (χ2v) is 15.6. The number of nitrogens with one attached hydrogen (secondary N) is 1. The number of hydrogen-bond donors (Lipinski definition) is 1. The Hall–Kier alpha value is -7.07. The summed E-state index contributed by atoms with van der Waals surface area (Å²) in [6.07, 6.45) is 2.34. The van der Waals surface area contributed by atoms with Gasteiger partial charge >= 0.3 is 0 Å². The average molecular weight is 820 g/mol. The van der Waals surface area contributed by atoms with Gasteiger partial charge in [-0.25, -0.2) is 4.98 Å². The number of nitrogens with zero attached hydrogens (tertiary/aromatic N) is 4. The van der Waals surface area contributed by atoms with Gasteiger partial charge in [-0.3, -0.25) is 0 Å². The molecule has 2 heterocycles. The number of rotatable bonds is 17. The van der Waals surface area contributed by atoms with Crippen LogP contribution in [0.3, 0.4) is 0 Å². The number of methoxy groups -OCH3 is 1. The lowest BCUT2D eigenvalue weighted by atomic mass is 9.77. The molecule has 1 N–H and O–H groups in total. The smallest absolute Gasteiger partial charge is 0.247 e. The van der Waals surface area contributed by atoms with Crippen molar-refractivity contribution in [2.75, 3.05) is 19.0 Å². The lowest BCUT2D eigenvalue weighted by molar-refractivity contribution is -0.0122. The molecule has 6 aromatic carbocycles. The van der Waals surface area contributed by atoms with E-state index in [1.807, 2.05) is 122 Å². The Labute approximate surface area is 362 Å². The first-order valence-corrected chi connectivity index (χ1v) is 21.0. The van der Waals surface area contributed by atoms with Crippen molar-refractivity contribution in [2.45, 2.75) is 43.9 Å². The van der Waals surface area contributed by atoms with Crippen LogP contribution in [0.25, 0.3) is 11.2 Å². The van der Waals surface area contributed by atoms with Gasteiger partial charge in [-0.2, -0.15) is 9.97 Å². The van der Waals surface area contributed by atoms with Crippen molar-refractivity contribution in [3.05, 3.63) is 228 Å². The molecule has 310 valence electrons. The van der Waals surface area contributed by atoms with Crippen LogP contribution in [-0.4, -0.2) is 39.3 Å². The Bertz CT molecular complexity index is 2640. The summed E-state index contributed by atoms with van der Waals surface area (Å²) in [5.41, 5.74) is 7.45. The summed E-state index contributed by atoms with van der Waals surface area (Å²) in [6, 6.07) is 59.2. The van der Waals surface area contributed by atoms with Crippen molar-refractivity contribution in [2.24, 2.45) is 5.92 Å². The van der Waals surface area contributed by atoms with Crippen LogP contribution in [0.15, 0.2) is 194 Å². The summed E-state index contributed by atoms with van der Waals surface area (Å²) >= 11 is 0. The first-order chi connectivity index (χ1) is 30.6. The van der Waals surface area contributed by atoms with E-state index in [0.717, 1.165) is 44.7 Å². The fraction of sp³-hybridized carbons (Fsp3) is 0.189. The molecule has 0 aliphatic heterocycles. The van der Waals surface area contributed by atoms with Crippen LogP contribution in [-0.2, 0) is 34.8 Å². The molecule has 3 atom stereocenters. The molecule has 1 aliphatic rings. The summed E-state index contributed by atoms with van der Waals surface area (Å²) in [5, 5.41) is 3.88. The Balaban J connectivity index is 1.13. The Morgan fingerprint density at radius 2 is 1.18 bits per heavy atom. The summed E-state index contributed by atoms with van der Waals surface area (Å²) in [6.45, 7) is 6.45. The van der Waals surface area contributed by atoms with E-state index in [1.54, 1.807) is 7.11 Å². The van der Waals surface area contributed by atoms with Crippen LogP contribution in [0.2, 0.25) is 0 Å². The third-order valence-corrected chi connectivity index (χ3v) is 11.7. The van der Waals surface area contributed by atoms with E-state index >= 15 is 0 Å². The van der Waals surface area contributed by atoms with Crippen molar-refractivity contribution in [3.8, 4) is 11.6 Å². The molecule has 1 fully saturated rings. The molecule has 0 spiro atoms. The molecule has 9 rings (SSSR count). The van der Waals surface area contributed by atoms with Crippen LogP contribution < -0.4 is 14.8 Å². The molecule has 1 aliphatic carbocycles. The summed E-state index contributed by atoms with van der Waals surface area (Å²) < 4.78 is 27.4. The third-order valence-electron chi connectivity index (χ3n) is 11.7. The third kappa shape index (κ3) is 8.59. The van der Waals surface area contributed by atoms with E-state index in [2.05, 4.69) is 70.5 Å².